The Balaban J connectivity index is 0. The Morgan fingerprint density at radius 1 is 0.439 bits per heavy atom. The van der Waals surface area contributed by atoms with Gasteiger partial charge in [-0.15, -0.1) is 0 Å². The van der Waals surface area contributed by atoms with Crippen LogP contribution >= 0.6 is 0 Å². The number of unbranched alkanes of at least 4 members (excludes halogenated alkanes) is 28. The van der Waals surface area contributed by atoms with Crippen molar-refractivity contribution in [1.82, 2.24) is 4.90 Å². The van der Waals surface area contributed by atoms with Gasteiger partial charge in [0, 0.05) is 6.04 Å². The number of nitrogens with zero attached hydrogens (tertiary/aromatic N) is 1. The van der Waals surface area contributed by atoms with Gasteiger partial charge in [0.1, 0.15) is 0 Å². The third-order valence-corrected chi connectivity index (χ3v) is 8.99. The van der Waals surface area contributed by atoms with Gasteiger partial charge in [-0.1, -0.05) is 194 Å². The zero-order valence-corrected chi connectivity index (χ0v) is 29.0. The van der Waals surface area contributed by atoms with Crippen LogP contribution in [-0.2, 0) is 4.79 Å². The number of rotatable bonds is 34. The standard InChI is InChI=1S/C37H75NO2.Li/c1-4-6-8-10-12-14-16-18-20-22-24-26-28-30-32-34-38(36(3)37(39)40)35-33-31-29-27-25-23-21-19-17-15-13-11-9-7-5-2;/h36H,4-35H2,1-3H3,(H,39,40);/q;+1/p-1. The van der Waals surface area contributed by atoms with Crippen molar-refractivity contribution in [2.45, 2.75) is 219 Å². The van der Waals surface area contributed by atoms with Gasteiger partial charge >= 0.3 is 18.9 Å². The summed E-state index contributed by atoms with van der Waals surface area (Å²) < 4.78 is 0. The quantitative estimate of drug-likeness (QED) is 0.0578. The van der Waals surface area contributed by atoms with Crippen LogP contribution in [0, 0.1) is 0 Å². The van der Waals surface area contributed by atoms with Crippen molar-refractivity contribution in [3.8, 4) is 0 Å². The van der Waals surface area contributed by atoms with Crippen molar-refractivity contribution in [3.05, 3.63) is 0 Å². The molecule has 1 unspecified atom stereocenters. The minimum absolute atomic E-state index is 0. The van der Waals surface area contributed by atoms with Crippen molar-refractivity contribution in [1.29, 1.82) is 0 Å². The molecular weight excluding hydrogens is 497 g/mol. The van der Waals surface area contributed by atoms with E-state index in [1.165, 1.54) is 180 Å². The van der Waals surface area contributed by atoms with Gasteiger partial charge in [-0.2, -0.15) is 0 Å². The van der Waals surface area contributed by atoms with Gasteiger partial charge in [0.15, 0.2) is 0 Å². The monoisotopic (exact) mass is 572 g/mol. The molecule has 0 spiro atoms. The van der Waals surface area contributed by atoms with Gasteiger partial charge in [0.05, 0.1) is 5.97 Å². The minimum Gasteiger partial charge on any atom is -0.548 e. The van der Waals surface area contributed by atoms with Crippen LogP contribution in [0.15, 0.2) is 0 Å². The van der Waals surface area contributed by atoms with Gasteiger partial charge in [-0.05, 0) is 32.9 Å². The predicted octanol–water partition coefficient (Wildman–Crippen LogP) is 8.17. The molecule has 0 aliphatic heterocycles. The van der Waals surface area contributed by atoms with E-state index in [2.05, 4.69) is 18.7 Å². The van der Waals surface area contributed by atoms with E-state index in [0.29, 0.717) is 0 Å². The van der Waals surface area contributed by atoms with E-state index in [0.717, 1.165) is 25.9 Å². The third-order valence-electron chi connectivity index (χ3n) is 8.99. The SMILES string of the molecule is CCCCCCCCCCCCCCCCCN(CCCCCCCCCCCCCCCCC)C(C)C(=O)[O-].[Li+]. The second-order valence-electron chi connectivity index (χ2n) is 12.9. The molecule has 1 atom stereocenters. The predicted molar refractivity (Wildman–Crippen MR) is 176 cm³/mol. The van der Waals surface area contributed by atoms with Gasteiger partial charge < -0.3 is 9.90 Å². The van der Waals surface area contributed by atoms with Gasteiger partial charge in [0.25, 0.3) is 0 Å². The summed E-state index contributed by atoms with van der Waals surface area (Å²) >= 11 is 0. The molecule has 0 N–H and O–H groups in total. The van der Waals surface area contributed by atoms with Crippen LogP contribution in [0.5, 0.6) is 0 Å². The summed E-state index contributed by atoms with van der Waals surface area (Å²) in [4.78, 5) is 13.7. The normalized spacial score (nSPS) is 12.1. The number of aliphatic carboxylic acids is 1. The molecule has 41 heavy (non-hydrogen) atoms. The summed E-state index contributed by atoms with van der Waals surface area (Å²) in [6, 6.07) is -0.460. The summed E-state index contributed by atoms with van der Waals surface area (Å²) in [5, 5.41) is 11.5. The Hall–Kier alpha value is 0.0274. The van der Waals surface area contributed by atoms with E-state index in [1.54, 1.807) is 0 Å². The van der Waals surface area contributed by atoms with Crippen LogP contribution in [0.3, 0.4) is 0 Å². The van der Waals surface area contributed by atoms with Crippen LogP contribution in [0.1, 0.15) is 213 Å². The fourth-order valence-corrected chi connectivity index (χ4v) is 6.02. The average Bonchev–Trinajstić information content (AvgIpc) is 2.95. The first-order valence-corrected chi connectivity index (χ1v) is 18.6. The van der Waals surface area contributed by atoms with E-state index in [9.17, 15) is 9.90 Å². The smallest absolute Gasteiger partial charge is 0.548 e. The van der Waals surface area contributed by atoms with Gasteiger partial charge in [0.2, 0.25) is 0 Å². The second-order valence-corrected chi connectivity index (χ2v) is 12.9. The molecule has 0 saturated heterocycles. The fourth-order valence-electron chi connectivity index (χ4n) is 6.02. The van der Waals surface area contributed by atoms with Crippen LogP contribution in [0.4, 0.5) is 0 Å². The Bertz CT molecular complexity index is 467. The largest absolute Gasteiger partial charge is 1.00 e. The van der Waals surface area contributed by atoms with Crippen molar-refractivity contribution >= 4 is 5.97 Å². The van der Waals surface area contributed by atoms with Crippen molar-refractivity contribution in [2.75, 3.05) is 13.1 Å². The fraction of sp³-hybridized carbons (Fsp3) is 0.973. The number of carbonyl (C=O) groups excluding carboxylic acids is 1. The molecule has 0 aromatic rings. The van der Waals surface area contributed by atoms with E-state index in [-0.39, 0.29) is 18.9 Å². The molecule has 0 radical (unpaired) electrons. The van der Waals surface area contributed by atoms with E-state index >= 15 is 0 Å². The van der Waals surface area contributed by atoms with E-state index in [4.69, 9.17) is 0 Å². The summed E-state index contributed by atoms with van der Waals surface area (Å²) in [5.41, 5.74) is 0. The molecule has 0 fully saturated rings. The summed E-state index contributed by atoms with van der Waals surface area (Å²) in [6.07, 6.45) is 41.0. The van der Waals surface area contributed by atoms with Crippen molar-refractivity contribution in [2.24, 2.45) is 0 Å². The summed E-state index contributed by atoms with van der Waals surface area (Å²) in [6.45, 7) is 8.20. The van der Waals surface area contributed by atoms with Crippen molar-refractivity contribution in [3.63, 3.8) is 0 Å². The maximum atomic E-state index is 11.5. The number of carboxylic acid groups (broad SMARTS) is 1. The number of hydrogen-bond donors (Lipinski definition) is 0. The maximum Gasteiger partial charge on any atom is 1.00 e. The number of hydrogen-bond acceptors (Lipinski definition) is 3. The Morgan fingerprint density at radius 2 is 0.634 bits per heavy atom. The maximum absolute atomic E-state index is 11.5. The Kier molecular flexibility index (Phi) is 38.1. The molecule has 240 valence electrons. The third kappa shape index (κ3) is 32.8. The molecule has 0 heterocycles. The van der Waals surface area contributed by atoms with E-state index in [1.807, 2.05) is 6.92 Å². The molecule has 0 amide bonds. The molecule has 0 bridgehead atoms. The Morgan fingerprint density at radius 3 is 0.829 bits per heavy atom. The molecule has 0 aliphatic carbocycles. The zero-order chi connectivity index (χ0) is 29.4. The number of carbonyl (C=O) groups is 1. The second kappa shape index (κ2) is 36.2. The number of carboxylic acids is 1. The first-order valence-electron chi connectivity index (χ1n) is 18.6. The molecule has 0 saturated carbocycles. The van der Waals surface area contributed by atoms with Gasteiger partial charge in [-0.25, -0.2) is 0 Å². The summed E-state index contributed by atoms with van der Waals surface area (Å²) in [7, 11) is 0. The molecule has 0 aromatic carbocycles. The molecule has 3 nitrogen and oxygen atoms in total. The van der Waals surface area contributed by atoms with E-state index < -0.39 is 12.0 Å². The van der Waals surface area contributed by atoms with Crippen molar-refractivity contribution < 1.29 is 28.8 Å². The average molecular weight is 572 g/mol. The first kappa shape index (κ1) is 43.2. The van der Waals surface area contributed by atoms with Crippen LogP contribution in [0.25, 0.3) is 0 Å². The van der Waals surface area contributed by atoms with Crippen LogP contribution < -0.4 is 24.0 Å². The van der Waals surface area contributed by atoms with Gasteiger partial charge in [-0.3, -0.25) is 4.90 Å². The van der Waals surface area contributed by atoms with Crippen LogP contribution in [-0.4, -0.2) is 30.0 Å². The molecule has 0 aromatic heterocycles. The summed E-state index contributed by atoms with van der Waals surface area (Å²) in [5.74, 6) is -0.915. The molecule has 0 rings (SSSR count). The topological polar surface area (TPSA) is 43.4 Å². The Labute approximate surface area is 271 Å². The first-order chi connectivity index (χ1) is 19.6. The molecule has 4 heteroatoms. The van der Waals surface area contributed by atoms with Crippen LogP contribution in [0.2, 0.25) is 0 Å². The molecular formula is C37H74LiNO2. The molecule has 0 aliphatic rings. The minimum atomic E-state index is -0.915. The zero-order valence-electron chi connectivity index (χ0n) is 29.0.